The minimum atomic E-state index is -3.48. The van der Waals surface area contributed by atoms with E-state index < -0.39 is 27.2 Å². The van der Waals surface area contributed by atoms with E-state index in [1.807, 2.05) is 0 Å². The lowest BCUT2D eigenvalue weighted by atomic mass is 9.85. The van der Waals surface area contributed by atoms with E-state index in [1.165, 1.54) is 0 Å². The first-order valence-electron chi connectivity index (χ1n) is 7.46. The predicted octanol–water partition coefficient (Wildman–Crippen LogP) is 2.08. The summed E-state index contributed by atoms with van der Waals surface area (Å²) in [6.45, 7) is 5.39. The van der Waals surface area contributed by atoms with Crippen LogP contribution in [0.2, 0.25) is 0 Å². The molecule has 2 atom stereocenters. The summed E-state index contributed by atoms with van der Waals surface area (Å²) in [4.78, 5) is 11.2. The molecule has 0 amide bonds. The van der Waals surface area contributed by atoms with Crippen molar-refractivity contribution < 1.29 is 18.3 Å². The van der Waals surface area contributed by atoms with Crippen molar-refractivity contribution in [1.29, 1.82) is 0 Å². The van der Waals surface area contributed by atoms with Gasteiger partial charge in [-0.05, 0) is 37.5 Å². The van der Waals surface area contributed by atoms with Gasteiger partial charge in [-0.15, -0.1) is 0 Å². The van der Waals surface area contributed by atoms with Gasteiger partial charge in [-0.3, -0.25) is 4.79 Å². The van der Waals surface area contributed by atoms with Gasteiger partial charge in [0.1, 0.15) is 0 Å². The maximum absolute atomic E-state index is 12.7. The maximum Gasteiger partial charge on any atom is 0.307 e. The Kier molecular flexibility index (Phi) is 4.44. The largest absolute Gasteiger partial charge is 0.481 e. The van der Waals surface area contributed by atoms with Gasteiger partial charge in [0.15, 0.2) is 0 Å². The fraction of sp³-hybridized carbons (Fsp3) is 0.929. The molecule has 20 heavy (non-hydrogen) atoms. The Morgan fingerprint density at radius 3 is 2.50 bits per heavy atom. The third-order valence-electron chi connectivity index (χ3n) is 4.81. The number of sulfonamides is 1. The zero-order valence-corrected chi connectivity index (χ0v) is 13.2. The molecule has 1 aliphatic heterocycles. The molecule has 5 nitrogen and oxygen atoms in total. The minimum absolute atomic E-state index is 0.173. The highest BCUT2D eigenvalue weighted by Crippen LogP contribution is 2.36. The second-order valence-corrected chi connectivity index (χ2v) is 9.03. The van der Waals surface area contributed by atoms with Crippen LogP contribution in [-0.2, 0) is 14.8 Å². The topological polar surface area (TPSA) is 74.7 Å². The van der Waals surface area contributed by atoms with E-state index in [1.54, 1.807) is 4.31 Å². The molecule has 1 saturated carbocycles. The molecule has 1 N–H and O–H groups in total. The van der Waals surface area contributed by atoms with Gasteiger partial charge < -0.3 is 5.11 Å². The molecule has 0 bridgehead atoms. The lowest BCUT2D eigenvalue weighted by molar-refractivity contribution is -0.141. The van der Waals surface area contributed by atoms with E-state index in [9.17, 15) is 18.3 Å². The van der Waals surface area contributed by atoms with E-state index in [0.717, 1.165) is 19.3 Å². The number of carbonyl (C=O) groups is 1. The fourth-order valence-electron chi connectivity index (χ4n) is 3.41. The van der Waals surface area contributed by atoms with Crippen LogP contribution < -0.4 is 0 Å². The average Bonchev–Trinajstić information content (AvgIpc) is 2.76. The standard InChI is InChI=1S/C14H25NO4S/c1-14(2)7-4-9-15(10-8-14)20(18,19)12-6-3-5-11(12)13(16)17/h11-12H,3-10H2,1-2H3,(H,16,17). The van der Waals surface area contributed by atoms with Gasteiger partial charge in [0.05, 0.1) is 11.2 Å². The summed E-state index contributed by atoms with van der Waals surface area (Å²) < 4.78 is 27.0. The monoisotopic (exact) mass is 303 g/mol. The number of nitrogens with zero attached hydrogens (tertiary/aromatic N) is 1. The molecule has 6 heteroatoms. The van der Waals surface area contributed by atoms with E-state index in [0.29, 0.717) is 32.4 Å². The fourth-order valence-corrected chi connectivity index (χ4v) is 5.65. The van der Waals surface area contributed by atoms with Crippen molar-refractivity contribution in [2.75, 3.05) is 13.1 Å². The van der Waals surface area contributed by atoms with Crippen molar-refractivity contribution >= 4 is 16.0 Å². The quantitative estimate of drug-likeness (QED) is 0.866. The molecule has 1 heterocycles. The minimum Gasteiger partial charge on any atom is -0.481 e. The lowest BCUT2D eigenvalue weighted by Gasteiger charge is -2.27. The Morgan fingerprint density at radius 2 is 1.85 bits per heavy atom. The summed E-state index contributed by atoms with van der Waals surface area (Å²) in [5, 5.41) is 8.48. The normalized spacial score (nSPS) is 31.9. The predicted molar refractivity (Wildman–Crippen MR) is 76.9 cm³/mol. The lowest BCUT2D eigenvalue weighted by Crippen LogP contribution is -2.42. The van der Waals surface area contributed by atoms with Crippen LogP contribution in [0, 0.1) is 11.3 Å². The molecule has 0 radical (unpaired) electrons. The summed E-state index contributed by atoms with van der Waals surface area (Å²) in [6.07, 6.45) is 4.39. The first-order valence-corrected chi connectivity index (χ1v) is 8.96. The van der Waals surface area contributed by atoms with Crippen molar-refractivity contribution in [2.45, 2.75) is 57.6 Å². The van der Waals surface area contributed by atoms with Gasteiger partial charge in [0.25, 0.3) is 0 Å². The summed E-state index contributed by atoms with van der Waals surface area (Å²) in [5.74, 6) is -1.69. The molecule has 2 fully saturated rings. The molecule has 116 valence electrons. The van der Waals surface area contributed by atoms with Gasteiger partial charge >= 0.3 is 5.97 Å². The summed E-state index contributed by atoms with van der Waals surface area (Å²) in [5.41, 5.74) is 0.173. The van der Waals surface area contributed by atoms with Crippen LogP contribution in [0.5, 0.6) is 0 Å². The van der Waals surface area contributed by atoms with Crippen molar-refractivity contribution in [3.05, 3.63) is 0 Å². The second-order valence-electron chi connectivity index (χ2n) is 6.88. The molecule has 2 aliphatic rings. The maximum atomic E-state index is 12.7. The van der Waals surface area contributed by atoms with Crippen molar-refractivity contribution in [3.63, 3.8) is 0 Å². The molecule has 1 aliphatic carbocycles. The third-order valence-corrected chi connectivity index (χ3v) is 7.23. The highest BCUT2D eigenvalue weighted by atomic mass is 32.2. The molecular weight excluding hydrogens is 278 g/mol. The van der Waals surface area contributed by atoms with Gasteiger partial charge in [-0.1, -0.05) is 20.3 Å². The Bertz CT molecular complexity index is 472. The number of hydrogen-bond donors (Lipinski definition) is 1. The van der Waals surface area contributed by atoms with Crippen LogP contribution in [0.25, 0.3) is 0 Å². The van der Waals surface area contributed by atoms with E-state index in [2.05, 4.69) is 13.8 Å². The molecule has 0 aromatic heterocycles. The Labute approximate surface area is 121 Å². The van der Waals surface area contributed by atoms with Crippen LogP contribution in [0.3, 0.4) is 0 Å². The van der Waals surface area contributed by atoms with Gasteiger partial charge in [-0.2, -0.15) is 0 Å². The van der Waals surface area contributed by atoms with Crippen LogP contribution in [0.15, 0.2) is 0 Å². The molecule has 1 saturated heterocycles. The second kappa shape index (κ2) is 5.64. The van der Waals surface area contributed by atoms with Gasteiger partial charge in [0.2, 0.25) is 10.0 Å². The van der Waals surface area contributed by atoms with Gasteiger partial charge in [0, 0.05) is 13.1 Å². The van der Waals surface area contributed by atoms with Crippen molar-refractivity contribution in [2.24, 2.45) is 11.3 Å². The van der Waals surface area contributed by atoms with Crippen LogP contribution in [0.4, 0.5) is 0 Å². The number of rotatable bonds is 3. The smallest absolute Gasteiger partial charge is 0.307 e. The highest BCUT2D eigenvalue weighted by molar-refractivity contribution is 7.89. The van der Waals surface area contributed by atoms with E-state index in [-0.39, 0.29) is 5.41 Å². The zero-order chi connectivity index (χ0) is 15.0. The molecular formula is C14H25NO4S. The van der Waals surface area contributed by atoms with Crippen LogP contribution in [0.1, 0.15) is 52.4 Å². The van der Waals surface area contributed by atoms with Crippen LogP contribution >= 0.6 is 0 Å². The summed E-state index contributed by atoms with van der Waals surface area (Å²) in [6, 6.07) is 0. The van der Waals surface area contributed by atoms with Crippen molar-refractivity contribution in [3.8, 4) is 0 Å². The Balaban J connectivity index is 2.16. The highest BCUT2D eigenvalue weighted by Gasteiger charge is 2.44. The first-order chi connectivity index (χ1) is 9.24. The Hall–Kier alpha value is -0.620. The van der Waals surface area contributed by atoms with Crippen LogP contribution in [-0.4, -0.2) is 42.1 Å². The van der Waals surface area contributed by atoms with E-state index >= 15 is 0 Å². The average molecular weight is 303 g/mol. The Morgan fingerprint density at radius 1 is 1.15 bits per heavy atom. The molecule has 2 unspecified atom stereocenters. The SMILES string of the molecule is CC1(C)CCCN(S(=O)(=O)C2CCCC2C(=O)O)CC1. The number of carboxylic acid groups (broad SMARTS) is 1. The number of hydrogen-bond acceptors (Lipinski definition) is 3. The molecule has 0 aromatic carbocycles. The van der Waals surface area contributed by atoms with E-state index in [4.69, 9.17) is 0 Å². The molecule has 0 spiro atoms. The summed E-state index contributed by atoms with van der Waals surface area (Å²) in [7, 11) is -3.48. The third kappa shape index (κ3) is 3.17. The molecule has 0 aromatic rings. The zero-order valence-electron chi connectivity index (χ0n) is 12.3. The first kappa shape index (κ1) is 15.8. The number of carboxylic acids is 1. The molecule has 2 rings (SSSR count). The number of aliphatic carboxylic acids is 1. The van der Waals surface area contributed by atoms with Gasteiger partial charge in [-0.25, -0.2) is 12.7 Å². The summed E-state index contributed by atoms with van der Waals surface area (Å²) >= 11 is 0. The van der Waals surface area contributed by atoms with Crippen molar-refractivity contribution in [1.82, 2.24) is 4.31 Å².